The van der Waals surface area contributed by atoms with Crippen LogP contribution in [0.15, 0.2) is 33.2 Å². The summed E-state index contributed by atoms with van der Waals surface area (Å²) in [6.45, 7) is 4.23. The smallest absolute Gasteiger partial charge is 0.0649 e. The first kappa shape index (κ1) is 13.3. The first-order chi connectivity index (χ1) is 7.97. The normalized spacial score (nSPS) is 12.8. The van der Waals surface area contributed by atoms with Crippen LogP contribution >= 0.6 is 43.2 Å². The minimum Gasteiger partial charge on any atom is -0.320 e. The van der Waals surface area contributed by atoms with Crippen molar-refractivity contribution in [3.63, 3.8) is 0 Å². The Hall–Kier alpha value is -0.160. The highest BCUT2D eigenvalue weighted by Crippen LogP contribution is 2.32. The van der Waals surface area contributed by atoms with Crippen molar-refractivity contribution >= 4 is 43.2 Å². The Balaban J connectivity index is 2.43. The number of nitrogens with two attached hydrogens (primary N) is 1. The van der Waals surface area contributed by atoms with Crippen molar-refractivity contribution in [1.29, 1.82) is 0 Å². The highest BCUT2D eigenvalue weighted by atomic mass is 79.9. The number of hydrogen-bond donors (Lipinski definition) is 1. The van der Waals surface area contributed by atoms with Crippen molar-refractivity contribution in [3.05, 3.63) is 54.1 Å². The van der Waals surface area contributed by atoms with Gasteiger partial charge in [0.25, 0.3) is 0 Å². The molecule has 0 aliphatic rings. The zero-order valence-electron chi connectivity index (χ0n) is 9.63. The quantitative estimate of drug-likeness (QED) is 0.791. The van der Waals surface area contributed by atoms with E-state index in [1.807, 2.05) is 6.07 Å². The van der Waals surface area contributed by atoms with Gasteiger partial charge >= 0.3 is 0 Å². The predicted molar refractivity (Wildman–Crippen MR) is 81.7 cm³/mol. The SMILES string of the molecule is Cc1cc(C)c(C(N)c2cc(Br)cc(Br)c2)s1. The second kappa shape index (κ2) is 5.22. The van der Waals surface area contributed by atoms with Crippen LogP contribution in [0, 0.1) is 13.8 Å². The maximum atomic E-state index is 6.34. The minimum atomic E-state index is -0.0532. The third-order valence-corrected chi connectivity index (χ3v) is 4.76. The molecule has 1 unspecified atom stereocenters. The van der Waals surface area contributed by atoms with Gasteiger partial charge in [0.1, 0.15) is 0 Å². The summed E-state index contributed by atoms with van der Waals surface area (Å²) >= 11 is 8.76. The summed E-state index contributed by atoms with van der Waals surface area (Å²) in [5.41, 5.74) is 8.73. The molecular formula is C13H13Br2NS. The summed E-state index contributed by atoms with van der Waals surface area (Å²) in [5.74, 6) is 0. The van der Waals surface area contributed by atoms with Gasteiger partial charge in [0.05, 0.1) is 6.04 Å². The van der Waals surface area contributed by atoms with E-state index in [1.54, 1.807) is 11.3 Å². The maximum Gasteiger partial charge on any atom is 0.0649 e. The van der Waals surface area contributed by atoms with Gasteiger partial charge in [-0.2, -0.15) is 0 Å². The molecule has 0 aliphatic carbocycles. The highest BCUT2D eigenvalue weighted by molar-refractivity contribution is 9.11. The number of hydrogen-bond acceptors (Lipinski definition) is 2. The summed E-state index contributed by atoms with van der Waals surface area (Å²) in [7, 11) is 0. The Morgan fingerprint density at radius 3 is 2.12 bits per heavy atom. The first-order valence-corrected chi connectivity index (χ1v) is 7.66. The third-order valence-electron chi connectivity index (χ3n) is 2.61. The number of benzene rings is 1. The lowest BCUT2D eigenvalue weighted by atomic mass is 10.0. The molecule has 0 fully saturated rings. The fourth-order valence-electron chi connectivity index (χ4n) is 1.87. The zero-order valence-corrected chi connectivity index (χ0v) is 13.6. The molecule has 2 aromatic rings. The van der Waals surface area contributed by atoms with Crippen LogP contribution in [0.3, 0.4) is 0 Å². The van der Waals surface area contributed by atoms with Crippen molar-refractivity contribution in [3.8, 4) is 0 Å². The van der Waals surface area contributed by atoms with Crippen LogP contribution in [0.5, 0.6) is 0 Å². The topological polar surface area (TPSA) is 26.0 Å². The molecule has 1 aromatic heterocycles. The Morgan fingerprint density at radius 1 is 1.06 bits per heavy atom. The molecule has 1 aromatic carbocycles. The van der Waals surface area contributed by atoms with Gasteiger partial charge in [-0.1, -0.05) is 31.9 Å². The average molecular weight is 375 g/mol. The summed E-state index contributed by atoms with van der Waals surface area (Å²) in [5, 5.41) is 0. The lowest BCUT2D eigenvalue weighted by molar-refractivity contribution is 0.883. The van der Waals surface area contributed by atoms with E-state index >= 15 is 0 Å². The van der Waals surface area contributed by atoms with Gasteiger partial charge in [0, 0.05) is 18.7 Å². The van der Waals surface area contributed by atoms with Gasteiger partial charge in [-0.3, -0.25) is 0 Å². The Morgan fingerprint density at radius 2 is 1.65 bits per heavy atom. The van der Waals surface area contributed by atoms with E-state index in [0.29, 0.717) is 0 Å². The highest BCUT2D eigenvalue weighted by Gasteiger charge is 2.15. The molecule has 0 spiro atoms. The first-order valence-electron chi connectivity index (χ1n) is 5.26. The predicted octanol–water partition coefficient (Wildman–Crippen LogP) is 4.94. The van der Waals surface area contributed by atoms with Crippen molar-refractivity contribution in [2.24, 2.45) is 5.73 Å². The minimum absolute atomic E-state index is 0.0532. The fraction of sp³-hybridized carbons (Fsp3) is 0.231. The molecule has 1 atom stereocenters. The molecule has 17 heavy (non-hydrogen) atoms. The van der Waals surface area contributed by atoms with E-state index in [2.05, 4.69) is 63.9 Å². The van der Waals surface area contributed by atoms with Crippen molar-refractivity contribution < 1.29 is 0 Å². The Bertz CT molecular complexity index is 528. The molecule has 90 valence electrons. The van der Waals surface area contributed by atoms with Gasteiger partial charge in [0.2, 0.25) is 0 Å². The second-order valence-corrected chi connectivity index (χ2v) is 7.20. The summed E-state index contributed by atoms with van der Waals surface area (Å²) in [4.78, 5) is 2.55. The Labute approximate surface area is 122 Å². The second-order valence-electron chi connectivity index (χ2n) is 4.08. The average Bonchev–Trinajstić information content (AvgIpc) is 2.55. The van der Waals surface area contributed by atoms with Gasteiger partial charge < -0.3 is 5.73 Å². The van der Waals surface area contributed by atoms with Crippen LogP contribution < -0.4 is 5.73 Å². The molecule has 1 heterocycles. The third kappa shape index (κ3) is 2.99. The van der Waals surface area contributed by atoms with Crippen LogP contribution in [-0.4, -0.2) is 0 Å². The van der Waals surface area contributed by atoms with Gasteiger partial charge in [0.15, 0.2) is 0 Å². The summed E-state index contributed by atoms with van der Waals surface area (Å²) < 4.78 is 2.09. The van der Waals surface area contributed by atoms with E-state index < -0.39 is 0 Å². The molecule has 0 amide bonds. The van der Waals surface area contributed by atoms with E-state index in [0.717, 1.165) is 14.5 Å². The maximum absolute atomic E-state index is 6.34. The van der Waals surface area contributed by atoms with Crippen LogP contribution in [0.25, 0.3) is 0 Å². The Kier molecular flexibility index (Phi) is 4.08. The van der Waals surface area contributed by atoms with E-state index in [9.17, 15) is 0 Å². The fourth-order valence-corrected chi connectivity index (χ4v) is 4.27. The molecule has 0 radical (unpaired) electrons. The van der Waals surface area contributed by atoms with Gasteiger partial charge in [-0.25, -0.2) is 0 Å². The molecule has 1 nitrogen and oxygen atoms in total. The summed E-state index contributed by atoms with van der Waals surface area (Å²) in [6, 6.07) is 8.30. The number of rotatable bonds is 2. The monoisotopic (exact) mass is 373 g/mol. The molecule has 4 heteroatoms. The van der Waals surface area contributed by atoms with Gasteiger partial charge in [-0.05, 0) is 49.2 Å². The summed E-state index contributed by atoms with van der Waals surface area (Å²) in [6.07, 6.45) is 0. The number of halogens is 2. The van der Waals surface area contributed by atoms with Crippen molar-refractivity contribution in [2.45, 2.75) is 19.9 Å². The van der Waals surface area contributed by atoms with Crippen LogP contribution in [-0.2, 0) is 0 Å². The molecule has 0 bridgehead atoms. The number of aryl methyl sites for hydroxylation is 2. The molecule has 0 saturated heterocycles. The zero-order chi connectivity index (χ0) is 12.6. The number of thiophene rings is 1. The van der Waals surface area contributed by atoms with Crippen molar-refractivity contribution in [1.82, 2.24) is 0 Å². The van der Waals surface area contributed by atoms with E-state index in [1.165, 1.54) is 15.3 Å². The van der Waals surface area contributed by atoms with Crippen LogP contribution in [0.1, 0.15) is 26.9 Å². The molecule has 2 rings (SSSR count). The molecule has 0 aliphatic heterocycles. The largest absolute Gasteiger partial charge is 0.320 e. The van der Waals surface area contributed by atoms with Crippen LogP contribution in [0.4, 0.5) is 0 Å². The molecule has 0 saturated carbocycles. The van der Waals surface area contributed by atoms with Gasteiger partial charge in [-0.15, -0.1) is 11.3 Å². The van der Waals surface area contributed by atoms with Crippen molar-refractivity contribution in [2.75, 3.05) is 0 Å². The van der Waals surface area contributed by atoms with E-state index in [4.69, 9.17) is 5.73 Å². The lowest BCUT2D eigenvalue weighted by Gasteiger charge is -2.12. The molecular weight excluding hydrogens is 362 g/mol. The van der Waals surface area contributed by atoms with E-state index in [-0.39, 0.29) is 6.04 Å². The standard InChI is InChI=1S/C13H13Br2NS/c1-7-3-8(2)17-13(7)12(16)9-4-10(14)6-11(15)5-9/h3-6,12H,16H2,1-2H3. The molecule has 2 N–H and O–H groups in total. The lowest BCUT2D eigenvalue weighted by Crippen LogP contribution is -2.11. The van der Waals surface area contributed by atoms with Crippen LogP contribution in [0.2, 0.25) is 0 Å².